The molecule has 1 atom stereocenters. The minimum Gasteiger partial charge on any atom is -0.325 e. The molecular weight excluding hydrogens is 150 g/mol. The summed E-state index contributed by atoms with van der Waals surface area (Å²) in [6, 6.07) is 2.12. The lowest BCUT2D eigenvalue weighted by Gasteiger charge is -1.95. The van der Waals surface area contributed by atoms with E-state index in [1.165, 1.54) is 0 Å². The monoisotopic (exact) mass is 165 g/mol. The van der Waals surface area contributed by atoms with Crippen LogP contribution in [-0.2, 0) is 7.05 Å². The molecule has 0 spiro atoms. The van der Waals surface area contributed by atoms with Crippen molar-refractivity contribution in [3.63, 3.8) is 0 Å². The highest BCUT2D eigenvalue weighted by atomic mass is 15.3. The smallest absolute Gasteiger partial charge is 0.0606 e. The molecule has 0 bridgehead atoms. The van der Waals surface area contributed by atoms with Crippen molar-refractivity contribution in [3.8, 4) is 0 Å². The molecule has 0 aromatic carbocycles. The molecular formula is C9H15N3. The second kappa shape index (κ2) is 3.54. The largest absolute Gasteiger partial charge is 0.325 e. The molecule has 0 saturated carbocycles. The third kappa shape index (κ3) is 2.20. The Kier molecular flexibility index (Phi) is 2.65. The minimum atomic E-state index is 0.0974. The molecule has 66 valence electrons. The van der Waals surface area contributed by atoms with E-state index >= 15 is 0 Å². The molecule has 2 N–H and O–H groups in total. The van der Waals surface area contributed by atoms with Gasteiger partial charge in [0.25, 0.3) is 0 Å². The van der Waals surface area contributed by atoms with Crippen LogP contribution >= 0.6 is 0 Å². The van der Waals surface area contributed by atoms with Crippen molar-refractivity contribution >= 4 is 6.08 Å². The first-order valence-electron chi connectivity index (χ1n) is 4.04. The molecule has 0 saturated heterocycles. The Labute approximate surface area is 72.9 Å². The number of aryl methyl sites for hydroxylation is 2. The Balaban J connectivity index is 2.81. The normalized spacial score (nSPS) is 14.0. The fourth-order valence-electron chi connectivity index (χ4n) is 1.04. The number of nitrogens with zero attached hydrogens (tertiary/aromatic N) is 2. The van der Waals surface area contributed by atoms with E-state index in [9.17, 15) is 0 Å². The summed E-state index contributed by atoms with van der Waals surface area (Å²) in [6.07, 6.45) is 3.95. The van der Waals surface area contributed by atoms with Gasteiger partial charge < -0.3 is 5.73 Å². The second-order valence-corrected chi connectivity index (χ2v) is 3.05. The lowest BCUT2D eigenvalue weighted by molar-refractivity contribution is 0.748. The van der Waals surface area contributed by atoms with Crippen LogP contribution in [0.3, 0.4) is 0 Å². The van der Waals surface area contributed by atoms with Crippen molar-refractivity contribution in [2.75, 3.05) is 0 Å². The van der Waals surface area contributed by atoms with Crippen LogP contribution in [0.2, 0.25) is 0 Å². The molecule has 1 rings (SSSR count). The highest BCUT2D eigenvalue weighted by Crippen LogP contribution is 2.03. The lowest BCUT2D eigenvalue weighted by atomic mass is 10.3. The lowest BCUT2D eigenvalue weighted by Crippen LogP contribution is -2.10. The maximum Gasteiger partial charge on any atom is 0.0606 e. The van der Waals surface area contributed by atoms with E-state index in [0.717, 1.165) is 11.4 Å². The average Bonchev–Trinajstić information content (AvgIpc) is 2.26. The molecule has 1 unspecified atom stereocenters. The quantitative estimate of drug-likeness (QED) is 0.713. The van der Waals surface area contributed by atoms with Crippen molar-refractivity contribution in [3.05, 3.63) is 23.5 Å². The predicted molar refractivity (Wildman–Crippen MR) is 50.6 cm³/mol. The van der Waals surface area contributed by atoms with Gasteiger partial charge in [0.15, 0.2) is 0 Å². The summed E-state index contributed by atoms with van der Waals surface area (Å²) in [4.78, 5) is 0. The van der Waals surface area contributed by atoms with E-state index in [4.69, 9.17) is 5.73 Å². The van der Waals surface area contributed by atoms with E-state index in [0.29, 0.717) is 0 Å². The standard InChI is InChI=1S/C9H15N3/c1-7(10)4-5-9-6-8(2)11-12(9)3/h4-7H,10H2,1-3H3/b5-4+. The first kappa shape index (κ1) is 9.00. The highest BCUT2D eigenvalue weighted by molar-refractivity contribution is 5.46. The Morgan fingerprint density at radius 1 is 1.67 bits per heavy atom. The fourth-order valence-corrected chi connectivity index (χ4v) is 1.04. The Bertz CT molecular complexity index is 284. The van der Waals surface area contributed by atoms with E-state index < -0.39 is 0 Å². The fraction of sp³-hybridized carbons (Fsp3) is 0.444. The Morgan fingerprint density at radius 2 is 2.33 bits per heavy atom. The van der Waals surface area contributed by atoms with Gasteiger partial charge in [-0.15, -0.1) is 0 Å². The summed E-state index contributed by atoms with van der Waals surface area (Å²) in [5.41, 5.74) is 7.70. The molecule has 3 nitrogen and oxygen atoms in total. The Morgan fingerprint density at radius 3 is 2.75 bits per heavy atom. The molecule has 3 heteroatoms. The SMILES string of the molecule is Cc1cc(/C=C/C(C)N)n(C)n1. The molecule has 0 fully saturated rings. The first-order valence-corrected chi connectivity index (χ1v) is 4.04. The van der Waals surface area contributed by atoms with Crippen LogP contribution in [0.1, 0.15) is 18.3 Å². The average molecular weight is 165 g/mol. The van der Waals surface area contributed by atoms with Crippen LogP contribution in [0, 0.1) is 6.92 Å². The maximum atomic E-state index is 5.58. The zero-order valence-electron chi connectivity index (χ0n) is 7.78. The van der Waals surface area contributed by atoms with Gasteiger partial charge in [-0.3, -0.25) is 4.68 Å². The topological polar surface area (TPSA) is 43.8 Å². The minimum absolute atomic E-state index is 0.0974. The van der Waals surface area contributed by atoms with Gasteiger partial charge in [0.05, 0.1) is 11.4 Å². The van der Waals surface area contributed by atoms with E-state index in [2.05, 4.69) is 5.10 Å². The molecule has 0 aliphatic carbocycles. The molecule has 12 heavy (non-hydrogen) atoms. The van der Waals surface area contributed by atoms with Crippen LogP contribution < -0.4 is 5.73 Å². The van der Waals surface area contributed by atoms with Crippen LogP contribution in [0.5, 0.6) is 0 Å². The number of aromatic nitrogens is 2. The van der Waals surface area contributed by atoms with E-state index in [-0.39, 0.29) is 6.04 Å². The van der Waals surface area contributed by atoms with Gasteiger partial charge in [-0.2, -0.15) is 5.10 Å². The number of hydrogen-bond donors (Lipinski definition) is 1. The van der Waals surface area contributed by atoms with Gasteiger partial charge in [0.1, 0.15) is 0 Å². The number of rotatable bonds is 2. The van der Waals surface area contributed by atoms with Crippen molar-refractivity contribution in [2.45, 2.75) is 19.9 Å². The van der Waals surface area contributed by atoms with Gasteiger partial charge in [-0.1, -0.05) is 6.08 Å². The summed E-state index contributed by atoms with van der Waals surface area (Å²) >= 11 is 0. The Hall–Kier alpha value is -1.09. The van der Waals surface area contributed by atoms with Crippen LogP contribution in [0.15, 0.2) is 12.1 Å². The summed E-state index contributed by atoms with van der Waals surface area (Å²) in [6.45, 7) is 3.92. The second-order valence-electron chi connectivity index (χ2n) is 3.05. The molecule has 0 aliphatic rings. The number of nitrogens with two attached hydrogens (primary N) is 1. The van der Waals surface area contributed by atoms with E-state index in [1.807, 2.05) is 43.8 Å². The zero-order valence-corrected chi connectivity index (χ0v) is 7.78. The molecule has 1 aromatic rings. The maximum absolute atomic E-state index is 5.58. The molecule has 1 heterocycles. The summed E-state index contributed by atoms with van der Waals surface area (Å²) in [7, 11) is 1.92. The predicted octanol–water partition coefficient (Wildman–Crippen LogP) is 1.09. The third-order valence-corrected chi connectivity index (χ3v) is 1.61. The molecule has 0 aliphatic heterocycles. The van der Waals surface area contributed by atoms with Crippen molar-refractivity contribution in [1.29, 1.82) is 0 Å². The van der Waals surface area contributed by atoms with Gasteiger partial charge in [-0.05, 0) is 26.0 Å². The van der Waals surface area contributed by atoms with Gasteiger partial charge in [0.2, 0.25) is 0 Å². The van der Waals surface area contributed by atoms with E-state index in [1.54, 1.807) is 0 Å². The highest BCUT2D eigenvalue weighted by Gasteiger charge is 1.96. The summed E-state index contributed by atoms with van der Waals surface area (Å²) in [5, 5.41) is 4.21. The van der Waals surface area contributed by atoms with Gasteiger partial charge >= 0.3 is 0 Å². The van der Waals surface area contributed by atoms with Crippen molar-refractivity contribution < 1.29 is 0 Å². The van der Waals surface area contributed by atoms with Gasteiger partial charge in [0, 0.05) is 13.1 Å². The molecule has 1 aromatic heterocycles. The van der Waals surface area contributed by atoms with Crippen molar-refractivity contribution in [1.82, 2.24) is 9.78 Å². The van der Waals surface area contributed by atoms with Crippen LogP contribution in [-0.4, -0.2) is 15.8 Å². The summed E-state index contributed by atoms with van der Waals surface area (Å²) < 4.78 is 1.84. The number of hydrogen-bond acceptors (Lipinski definition) is 2. The zero-order chi connectivity index (χ0) is 9.14. The van der Waals surface area contributed by atoms with Gasteiger partial charge in [-0.25, -0.2) is 0 Å². The molecule has 0 radical (unpaired) electrons. The third-order valence-electron chi connectivity index (χ3n) is 1.61. The first-order chi connectivity index (χ1) is 5.59. The molecule has 0 amide bonds. The summed E-state index contributed by atoms with van der Waals surface area (Å²) in [5.74, 6) is 0. The van der Waals surface area contributed by atoms with Crippen molar-refractivity contribution in [2.24, 2.45) is 12.8 Å². The van der Waals surface area contributed by atoms with Crippen LogP contribution in [0.4, 0.5) is 0 Å². The van der Waals surface area contributed by atoms with Crippen LogP contribution in [0.25, 0.3) is 6.08 Å².